The summed E-state index contributed by atoms with van der Waals surface area (Å²) in [5.41, 5.74) is 0. The molecule has 0 saturated heterocycles. The highest BCUT2D eigenvalue weighted by molar-refractivity contribution is 5.95. The average Bonchev–Trinajstić information content (AvgIpc) is 2.51. The van der Waals surface area contributed by atoms with Gasteiger partial charge in [-0.2, -0.15) is 0 Å². The number of carbonyl (C=O) groups is 3. The lowest BCUT2D eigenvalue weighted by Gasteiger charge is -2.13. The molecule has 0 saturated carbocycles. The Morgan fingerprint density at radius 1 is 1.18 bits per heavy atom. The van der Waals surface area contributed by atoms with Crippen LogP contribution >= 0.6 is 0 Å². The molecule has 1 aromatic carbocycles. The average molecular weight is 308 g/mol. The van der Waals surface area contributed by atoms with Crippen LogP contribution in [0, 0.1) is 0 Å². The van der Waals surface area contributed by atoms with Gasteiger partial charge >= 0.3 is 12.0 Å². The molecule has 1 aromatic rings. The van der Waals surface area contributed by atoms with Crippen molar-refractivity contribution in [2.45, 2.75) is 26.4 Å². The quantitative estimate of drug-likeness (QED) is 0.739. The fraction of sp³-hybridized carbons (Fsp3) is 0.400. The molecule has 0 aliphatic carbocycles. The van der Waals surface area contributed by atoms with Gasteiger partial charge in [-0.25, -0.2) is 9.59 Å². The van der Waals surface area contributed by atoms with Crippen LogP contribution in [-0.4, -0.2) is 37.2 Å². The number of carbonyl (C=O) groups excluding carboxylic acids is 3. The molecule has 1 atom stereocenters. The van der Waals surface area contributed by atoms with Gasteiger partial charge in [-0.3, -0.25) is 10.1 Å². The zero-order chi connectivity index (χ0) is 16.4. The molecule has 0 radical (unpaired) electrons. The molecule has 2 N–H and O–H groups in total. The predicted octanol–water partition coefficient (Wildman–Crippen LogP) is 1.23. The van der Waals surface area contributed by atoms with Crippen LogP contribution in [0.25, 0.3) is 0 Å². The van der Waals surface area contributed by atoms with Crippen LogP contribution < -0.4 is 15.4 Å². The van der Waals surface area contributed by atoms with Gasteiger partial charge in [0, 0.05) is 6.54 Å². The van der Waals surface area contributed by atoms with Gasteiger partial charge in [0.2, 0.25) is 0 Å². The van der Waals surface area contributed by atoms with Gasteiger partial charge in [-0.05, 0) is 25.5 Å². The summed E-state index contributed by atoms with van der Waals surface area (Å²) in [5.74, 6) is -0.864. The largest absolute Gasteiger partial charge is 0.479 e. The minimum Gasteiger partial charge on any atom is -0.479 e. The normalized spacial score (nSPS) is 11.2. The molecule has 22 heavy (non-hydrogen) atoms. The molecule has 0 heterocycles. The van der Waals surface area contributed by atoms with E-state index < -0.39 is 30.6 Å². The molecular formula is C15H20N2O5. The summed E-state index contributed by atoms with van der Waals surface area (Å²) >= 11 is 0. The Morgan fingerprint density at radius 3 is 2.50 bits per heavy atom. The highest BCUT2D eigenvalue weighted by Crippen LogP contribution is 2.11. The SMILES string of the molecule is CCCNC(=O)NC(=O)COC(=O)[C@H](C)Oc1ccccc1. The van der Waals surface area contributed by atoms with E-state index in [0.29, 0.717) is 12.3 Å². The van der Waals surface area contributed by atoms with Crippen molar-refractivity contribution in [1.29, 1.82) is 0 Å². The maximum absolute atomic E-state index is 11.7. The molecule has 0 fully saturated rings. The summed E-state index contributed by atoms with van der Waals surface area (Å²) < 4.78 is 10.1. The highest BCUT2D eigenvalue weighted by Gasteiger charge is 2.18. The number of imide groups is 1. The monoisotopic (exact) mass is 308 g/mol. The molecule has 0 aliphatic heterocycles. The Morgan fingerprint density at radius 2 is 1.86 bits per heavy atom. The molecule has 0 unspecified atom stereocenters. The van der Waals surface area contributed by atoms with Gasteiger partial charge in [0.25, 0.3) is 5.91 Å². The van der Waals surface area contributed by atoms with E-state index in [-0.39, 0.29) is 0 Å². The van der Waals surface area contributed by atoms with Crippen LogP contribution in [0.4, 0.5) is 4.79 Å². The number of hydrogen-bond acceptors (Lipinski definition) is 5. The lowest BCUT2D eigenvalue weighted by Crippen LogP contribution is -2.42. The summed E-state index contributed by atoms with van der Waals surface area (Å²) in [5, 5.41) is 4.52. The standard InChI is InChI=1S/C15H20N2O5/c1-3-9-16-15(20)17-13(18)10-21-14(19)11(2)22-12-7-5-4-6-8-12/h4-8,11H,3,9-10H2,1-2H3,(H2,16,17,18,20)/t11-/m0/s1. The maximum atomic E-state index is 11.7. The first-order valence-electron chi connectivity index (χ1n) is 6.99. The third kappa shape index (κ3) is 6.74. The number of para-hydroxylation sites is 1. The second-order valence-electron chi connectivity index (χ2n) is 4.48. The number of benzene rings is 1. The van der Waals surface area contributed by atoms with Crippen LogP contribution in [0.2, 0.25) is 0 Å². The minimum absolute atomic E-state index is 0.459. The lowest BCUT2D eigenvalue weighted by atomic mass is 10.3. The van der Waals surface area contributed by atoms with Crippen molar-refractivity contribution in [2.24, 2.45) is 0 Å². The Bertz CT molecular complexity index is 504. The van der Waals surface area contributed by atoms with E-state index in [1.54, 1.807) is 24.3 Å². The van der Waals surface area contributed by atoms with E-state index in [4.69, 9.17) is 9.47 Å². The Kier molecular flexibility index (Phi) is 7.45. The van der Waals surface area contributed by atoms with Crippen LogP contribution in [0.1, 0.15) is 20.3 Å². The first-order chi connectivity index (χ1) is 10.5. The van der Waals surface area contributed by atoms with Crippen molar-refractivity contribution in [3.05, 3.63) is 30.3 Å². The summed E-state index contributed by atoms with van der Waals surface area (Å²) in [4.78, 5) is 34.3. The van der Waals surface area contributed by atoms with E-state index in [2.05, 4.69) is 10.6 Å². The summed E-state index contributed by atoms with van der Waals surface area (Å²) in [7, 11) is 0. The van der Waals surface area contributed by atoms with E-state index in [1.807, 2.05) is 13.0 Å². The second kappa shape index (κ2) is 9.38. The van der Waals surface area contributed by atoms with Crippen LogP contribution in [-0.2, 0) is 14.3 Å². The molecule has 1 rings (SSSR count). The Balaban J connectivity index is 2.29. The van der Waals surface area contributed by atoms with E-state index in [1.165, 1.54) is 6.92 Å². The third-order valence-electron chi connectivity index (χ3n) is 2.52. The van der Waals surface area contributed by atoms with Crippen LogP contribution in [0.15, 0.2) is 30.3 Å². The van der Waals surface area contributed by atoms with Crippen molar-refractivity contribution in [2.75, 3.05) is 13.2 Å². The second-order valence-corrected chi connectivity index (χ2v) is 4.48. The molecule has 0 aromatic heterocycles. The predicted molar refractivity (Wildman–Crippen MR) is 79.3 cm³/mol. The zero-order valence-electron chi connectivity index (χ0n) is 12.6. The van der Waals surface area contributed by atoms with E-state index in [9.17, 15) is 14.4 Å². The van der Waals surface area contributed by atoms with Crippen molar-refractivity contribution < 1.29 is 23.9 Å². The fourth-order valence-electron chi connectivity index (χ4n) is 1.45. The first kappa shape index (κ1) is 17.5. The van der Waals surface area contributed by atoms with E-state index in [0.717, 1.165) is 6.42 Å². The lowest BCUT2D eigenvalue weighted by molar-refractivity contribution is -0.154. The van der Waals surface area contributed by atoms with Gasteiger partial charge in [0.15, 0.2) is 12.7 Å². The molecular weight excluding hydrogens is 288 g/mol. The van der Waals surface area contributed by atoms with Crippen LogP contribution in [0.3, 0.4) is 0 Å². The van der Waals surface area contributed by atoms with Crippen molar-refractivity contribution in [1.82, 2.24) is 10.6 Å². The fourth-order valence-corrected chi connectivity index (χ4v) is 1.45. The number of urea groups is 1. The molecule has 0 aliphatic rings. The number of hydrogen-bond donors (Lipinski definition) is 2. The number of rotatable bonds is 7. The van der Waals surface area contributed by atoms with E-state index >= 15 is 0 Å². The molecule has 120 valence electrons. The molecule has 7 nitrogen and oxygen atoms in total. The summed E-state index contributed by atoms with van der Waals surface area (Å²) in [6.45, 7) is 3.32. The third-order valence-corrected chi connectivity index (χ3v) is 2.52. The summed E-state index contributed by atoms with van der Waals surface area (Å²) in [6.07, 6.45) is -0.102. The highest BCUT2D eigenvalue weighted by atomic mass is 16.6. The molecule has 3 amide bonds. The maximum Gasteiger partial charge on any atom is 0.347 e. The first-order valence-corrected chi connectivity index (χ1v) is 6.99. The molecule has 0 spiro atoms. The van der Waals surface area contributed by atoms with Crippen molar-refractivity contribution in [3.63, 3.8) is 0 Å². The van der Waals surface area contributed by atoms with Gasteiger partial charge in [-0.15, -0.1) is 0 Å². The van der Waals surface area contributed by atoms with Gasteiger partial charge < -0.3 is 14.8 Å². The number of esters is 1. The smallest absolute Gasteiger partial charge is 0.347 e. The van der Waals surface area contributed by atoms with Crippen molar-refractivity contribution >= 4 is 17.9 Å². The Labute approximate surface area is 129 Å². The van der Waals surface area contributed by atoms with Gasteiger partial charge in [-0.1, -0.05) is 25.1 Å². The summed E-state index contributed by atoms with van der Waals surface area (Å²) in [6, 6.07) is 8.16. The Hall–Kier alpha value is -2.57. The molecule has 0 bridgehead atoms. The number of nitrogens with one attached hydrogen (secondary N) is 2. The zero-order valence-corrected chi connectivity index (χ0v) is 12.6. The number of amides is 3. The van der Waals surface area contributed by atoms with Crippen LogP contribution in [0.5, 0.6) is 5.75 Å². The van der Waals surface area contributed by atoms with Gasteiger partial charge in [0.1, 0.15) is 5.75 Å². The molecule has 7 heteroatoms. The number of ether oxygens (including phenoxy) is 2. The van der Waals surface area contributed by atoms with Gasteiger partial charge in [0.05, 0.1) is 0 Å². The topological polar surface area (TPSA) is 93.7 Å². The minimum atomic E-state index is -0.857. The van der Waals surface area contributed by atoms with Crippen molar-refractivity contribution in [3.8, 4) is 5.75 Å².